The van der Waals surface area contributed by atoms with Gasteiger partial charge in [-0.15, -0.1) is 11.3 Å². The zero-order chi connectivity index (χ0) is 14.8. The molecule has 0 spiro atoms. The number of fused-ring (bicyclic) bond motifs is 1. The molecule has 0 bridgehead atoms. The van der Waals surface area contributed by atoms with Gasteiger partial charge in [0.2, 0.25) is 5.91 Å². The fourth-order valence-corrected chi connectivity index (χ4v) is 3.10. The minimum atomic E-state index is 0.0489. The molecule has 3 rings (SSSR count). The Morgan fingerprint density at radius 1 is 1.48 bits per heavy atom. The number of hydrogen-bond donors (Lipinski definition) is 2. The van der Waals surface area contributed by atoms with E-state index < -0.39 is 0 Å². The van der Waals surface area contributed by atoms with Gasteiger partial charge in [-0.2, -0.15) is 5.10 Å². The van der Waals surface area contributed by atoms with Crippen LogP contribution in [0.5, 0.6) is 0 Å². The monoisotopic (exact) mass is 307 g/mol. The fourth-order valence-electron chi connectivity index (χ4n) is 2.50. The van der Waals surface area contributed by atoms with E-state index in [2.05, 4.69) is 10.1 Å². The number of carbonyl (C=O) groups is 1. The molecule has 0 aromatic carbocycles. The van der Waals surface area contributed by atoms with E-state index in [4.69, 9.17) is 10.8 Å². The van der Waals surface area contributed by atoms with Gasteiger partial charge in [-0.25, -0.2) is 4.98 Å². The lowest BCUT2D eigenvalue weighted by Crippen LogP contribution is -2.26. The van der Waals surface area contributed by atoms with Gasteiger partial charge in [0.15, 0.2) is 5.13 Å². The highest BCUT2D eigenvalue weighted by molar-refractivity contribution is 7.13. The lowest BCUT2D eigenvalue weighted by Gasteiger charge is -2.15. The molecule has 3 N–H and O–H groups in total. The molecular formula is C13H17N5O2S. The summed E-state index contributed by atoms with van der Waals surface area (Å²) in [5, 5.41) is 15.6. The predicted molar refractivity (Wildman–Crippen MR) is 78.4 cm³/mol. The summed E-state index contributed by atoms with van der Waals surface area (Å²) in [6.45, 7) is 1.68. The highest BCUT2D eigenvalue weighted by Gasteiger charge is 2.26. The molecule has 0 saturated carbocycles. The molecule has 3 heterocycles. The van der Waals surface area contributed by atoms with Crippen LogP contribution in [0.3, 0.4) is 0 Å². The molecule has 112 valence electrons. The lowest BCUT2D eigenvalue weighted by molar-refractivity contribution is -0.131. The van der Waals surface area contributed by atoms with Crippen LogP contribution in [0.4, 0.5) is 5.13 Å². The van der Waals surface area contributed by atoms with Gasteiger partial charge in [-0.05, 0) is 6.42 Å². The number of rotatable bonds is 5. The third-order valence-corrected chi connectivity index (χ3v) is 4.29. The molecule has 2 aromatic heterocycles. The average Bonchev–Trinajstić information content (AvgIpc) is 3.14. The third-order valence-electron chi connectivity index (χ3n) is 3.57. The van der Waals surface area contributed by atoms with Crippen molar-refractivity contribution in [2.75, 3.05) is 12.3 Å². The quantitative estimate of drug-likeness (QED) is 0.833. The Bertz CT molecular complexity index is 651. The van der Waals surface area contributed by atoms with Crippen molar-refractivity contribution >= 4 is 22.4 Å². The van der Waals surface area contributed by atoms with E-state index in [0.717, 1.165) is 17.0 Å². The molecule has 0 fully saturated rings. The van der Waals surface area contributed by atoms with Gasteiger partial charge < -0.3 is 15.7 Å². The molecule has 0 aliphatic carbocycles. The number of aryl methyl sites for hydroxylation is 1. The predicted octanol–water partition coefficient (Wildman–Crippen LogP) is 0.389. The van der Waals surface area contributed by atoms with Crippen LogP contribution in [-0.4, -0.2) is 37.3 Å². The molecule has 1 aliphatic rings. The first-order chi connectivity index (χ1) is 10.2. The summed E-state index contributed by atoms with van der Waals surface area (Å²) < 4.78 is 1.77. The number of amides is 1. The van der Waals surface area contributed by atoms with Gasteiger partial charge >= 0.3 is 0 Å². The van der Waals surface area contributed by atoms with Crippen molar-refractivity contribution in [2.24, 2.45) is 0 Å². The normalized spacial score (nSPS) is 13.7. The molecule has 2 aromatic rings. The molecule has 1 amide bonds. The van der Waals surface area contributed by atoms with Crippen molar-refractivity contribution in [1.82, 2.24) is 19.7 Å². The Kier molecular flexibility index (Phi) is 3.89. The van der Waals surface area contributed by atoms with E-state index >= 15 is 0 Å². The summed E-state index contributed by atoms with van der Waals surface area (Å²) in [5.74, 6) is 0.105. The van der Waals surface area contributed by atoms with Crippen LogP contribution in [-0.2, 0) is 30.8 Å². The number of hydrogen-bond acceptors (Lipinski definition) is 6. The number of aliphatic hydroxyl groups is 1. The van der Waals surface area contributed by atoms with Gasteiger partial charge in [-0.3, -0.25) is 9.48 Å². The Labute approximate surface area is 126 Å². The maximum absolute atomic E-state index is 12.3. The van der Waals surface area contributed by atoms with Crippen LogP contribution < -0.4 is 5.73 Å². The number of nitrogen functional groups attached to an aromatic ring is 1. The molecule has 1 aliphatic heterocycles. The van der Waals surface area contributed by atoms with E-state index in [1.54, 1.807) is 10.9 Å². The first-order valence-corrected chi connectivity index (χ1v) is 7.67. The van der Waals surface area contributed by atoms with Crippen LogP contribution in [0.1, 0.15) is 23.4 Å². The Hall–Kier alpha value is -1.93. The smallest absolute Gasteiger partial charge is 0.223 e. The summed E-state index contributed by atoms with van der Waals surface area (Å²) in [7, 11) is 0. The van der Waals surface area contributed by atoms with Crippen LogP contribution in [0.25, 0.3) is 0 Å². The van der Waals surface area contributed by atoms with Crippen molar-refractivity contribution in [3.63, 3.8) is 0 Å². The summed E-state index contributed by atoms with van der Waals surface area (Å²) in [4.78, 5) is 18.2. The number of thiazole rings is 1. The van der Waals surface area contributed by atoms with Crippen molar-refractivity contribution in [2.45, 2.75) is 32.5 Å². The summed E-state index contributed by atoms with van der Waals surface area (Å²) >= 11 is 1.39. The second kappa shape index (κ2) is 5.82. The SMILES string of the molecule is Nc1nc(CCC(=O)N2Cc3cnn(CCO)c3C2)cs1. The van der Waals surface area contributed by atoms with Crippen molar-refractivity contribution < 1.29 is 9.90 Å². The maximum Gasteiger partial charge on any atom is 0.223 e. The molecule has 0 atom stereocenters. The Morgan fingerprint density at radius 2 is 2.33 bits per heavy atom. The summed E-state index contributed by atoms with van der Waals surface area (Å²) in [6, 6.07) is 0. The van der Waals surface area contributed by atoms with E-state index in [-0.39, 0.29) is 12.5 Å². The zero-order valence-electron chi connectivity index (χ0n) is 11.5. The lowest BCUT2D eigenvalue weighted by atomic mass is 10.2. The highest BCUT2D eigenvalue weighted by atomic mass is 32.1. The van der Waals surface area contributed by atoms with Gasteiger partial charge in [0.1, 0.15) is 0 Å². The molecular weight excluding hydrogens is 290 g/mol. The maximum atomic E-state index is 12.3. The van der Waals surface area contributed by atoms with Gasteiger partial charge in [0.05, 0.1) is 37.3 Å². The van der Waals surface area contributed by atoms with Gasteiger partial charge in [-0.1, -0.05) is 0 Å². The van der Waals surface area contributed by atoms with Crippen molar-refractivity contribution in [3.8, 4) is 0 Å². The largest absolute Gasteiger partial charge is 0.394 e. The number of carbonyl (C=O) groups excluding carboxylic acids is 1. The number of nitrogens with zero attached hydrogens (tertiary/aromatic N) is 4. The Morgan fingerprint density at radius 3 is 3.05 bits per heavy atom. The average molecular weight is 307 g/mol. The number of nitrogens with two attached hydrogens (primary N) is 1. The van der Waals surface area contributed by atoms with Gasteiger partial charge in [0.25, 0.3) is 0 Å². The van der Waals surface area contributed by atoms with Crippen molar-refractivity contribution in [3.05, 3.63) is 28.5 Å². The number of aliphatic hydroxyl groups excluding tert-OH is 1. The molecule has 7 nitrogen and oxygen atoms in total. The van der Waals surface area contributed by atoms with Gasteiger partial charge in [0, 0.05) is 23.9 Å². The minimum absolute atomic E-state index is 0.0489. The summed E-state index contributed by atoms with van der Waals surface area (Å²) in [6.07, 6.45) is 2.82. The van der Waals surface area contributed by atoms with Crippen molar-refractivity contribution in [1.29, 1.82) is 0 Å². The minimum Gasteiger partial charge on any atom is -0.394 e. The first kappa shape index (κ1) is 14.0. The number of aromatic nitrogens is 3. The molecule has 21 heavy (non-hydrogen) atoms. The second-order valence-electron chi connectivity index (χ2n) is 4.99. The van der Waals surface area contributed by atoms with E-state index in [1.807, 2.05) is 10.3 Å². The zero-order valence-corrected chi connectivity index (χ0v) is 12.3. The first-order valence-electron chi connectivity index (χ1n) is 6.79. The van der Waals surface area contributed by atoms with Crippen LogP contribution in [0.15, 0.2) is 11.6 Å². The third kappa shape index (κ3) is 2.91. The number of anilines is 1. The highest BCUT2D eigenvalue weighted by Crippen LogP contribution is 2.23. The molecule has 8 heteroatoms. The van der Waals surface area contributed by atoms with Crippen LogP contribution in [0.2, 0.25) is 0 Å². The Balaban J connectivity index is 1.57. The van der Waals surface area contributed by atoms with E-state index in [9.17, 15) is 4.79 Å². The second-order valence-corrected chi connectivity index (χ2v) is 5.88. The topological polar surface area (TPSA) is 97.3 Å². The summed E-state index contributed by atoms with van der Waals surface area (Å²) in [5.41, 5.74) is 8.54. The van der Waals surface area contributed by atoms with E-state index in [0.29, 0.717) is 37.6 Å². The molecule has 0 saturated heterocycles. The molecule has 0 radical (unpaired) electrons. The van der Waals surface area contributed by atoms with Crippen LogP contribution in [0, 0.1) is 0 Å². The van der Waals surface area contributed by atoms with E-state index in [1.165, 1.54) is 11.3 Å². The van der Waals surface area contributed by atoms with Crippen LogP contribution >= 0.6 is 11.3 Å². The standard InChI is InChI=1S/C13H17N5O2S/c14-13-16-10(8-21-13)1-2-12(20)17-6-9-5-15-18(3-4-19)11(9)7-17/h5,8,19H,1-4,6-7H2,(H2,14,16). The fraction of sp³-hybridized carbons (Fsp3) is 0.462. The molecule has 0 unspecified atom stereocenters.